The second kappa shape index (κ2) is 10.1. The minimum absolute atomic E-state index is 0.128. The van der Waals surface area contributed by atoms with Crippen molar-refractivity contribution in [2.24, 2.45) is 0 Å². The van der Waals surface area contributed by atoms with E-state index in [1.54, 1.807) is 26.2 Å². The lowest BCUT2D eigenvalue weighted by atomic mass is 10.1. The maximum absolute atomic E-state index is 14.5. The third-order valence-electron chi connectivity index (χ3n) is 4.89. The molecule has 0 spiro atoms. The molecule has 1 saturated heterocycles. The molecule has 0 radical (unpaired) electrons. The molecule has 0 saturated carbocycles. The highest BCUT2D eigenvalue weighted by molar-refractivity contribution is 5.65. The molecule has 0 bridgehead atoms. The molecule has 1 aromatic carbocycles. The second-order valence-corrected chi connectivity index (χ2v) is 6.98. The molecule has 162 valence electrons. The van der Waals surface area contributed by atoms with Crippen molar-refractivity contribution < 1.29 is 23.8 Å². The van der Waals surface area contributed by atoms with Gasteiger partial charge in [-0.15, -0.1) is 0 Å². The van der Waals surface area contributed by atoms with Crippen molar-refractivity contribution in [1.29, 1.82) is 0 Å². The molecule has 1 fully saturated rings. The number of carboxylic acid groups (broad SMARTS) is 1. The lowest BCUT2D eigenvalue weighted by molar-refractivity contribution is 0.0866. The third-order valence-corrected chi connectivity index (χ3v) is 4.89. The number of ether oxygens (including phenoxy) is 2. The average molecular weight is 419 g/mol. The maximum atomic E-state index is 14.5. The summed E-state index contributed by atoms with van der Waals surface area (Å²) in [6, 6.07) is 4.81. The van der Waals surface area contributed by atoms with E-state index in [9.17, 15) is 9.18 Å². The molecule has 3 N–H and O–H groups in total. The molecular formula is C20H26FN5O4. The van der Waals surface area contributed by atoms with E-state index in [1.165, 1.54) is 17.3 Å². The molecule has 1 aliphatic heterocycles. The van der Waals surface area contributed by atoms with Crippen molar-refractivity contribution in [2.45, 2.75) is 25.9 Å². The second-order valence-electron chi connectivity index (χ2n) is 6.98. The van der Waals surface area contributed by atoms with Gasteiger partial charge in [0, 0.05) is 45.3 Å². The number of amides is 1. The molecule has 1 aliphatic rings. The van der Waals surface area contributed by atoms with E-state index in [-0.39, 0.29) is 11.8 Å². The highest BCUT2D eigenvalue weighted by Crippen LogP contribution is 2.28. The van der Waals surface area contributed by atoms with Crippen LogP contribution in [0.3, 0.4) is 0 Å². The average Bonchev–Trinajstić information content (AvgIpc) is 2.73. The van der Waals surface area contributed by atoms with Gasteiger partial charge in [0.1, 0.15) is 24.1 Å². The molecule has 1 amide bonds. The summed E-state index contributed by atoms with van der Waals surface area (Å²) in [6.07, 6.45) is 1.49. The first-order chi connectivity index (χ1) is 14.5. The van der Waals surface area contributed by atoms with E-state index in [0.29, 0.717) is 62.0 Å². The number of nitrogens with one attached hydrogen (secondary N) is 2. The van der Waals surface area contributed by atoms with Gasteiger partial charge in [-0.1, -0.05) is 0 Å². The number of carbonyl (C=O) groups is 1. The molecule has 9 nitrogen and oxygen atoms in total. The van der Waals surface area contributed by atoms with Crippen LogP contribution in [-0.4, -0.2) is 65.5 Å². The van der Waals surface area contributed by atoms with Crippen molar-refractivity contribution in [3.8, 4) is 5.88 Å². The van der Waals surface area contributed by atoms with Crippen LogP contribution in [0, 0.1) is 12.7 Å². The maximum Gasteiger partial charge on any atom is 0.407 e. The number of likely N-dealkylation sites (tertiary alicyclic amines) is 1. The summed E-state index contributed by atoms with van der Waals surface area (Å²) in [5.41, 5.74) is 1.60. The fraction of sp³-hybridized carbons (Fsp3) is 0.450. The number of hydrogen-bond donors (Lipinski definition) is 3. The predicted molar refractivity (Wildman–Crippen MR) is 110 cm³/mol. The number of rotatable bonds is 8. The summed E-state index contributed by atoms with van der Waals surface area (Å²) < 4.78 is 25.4. The van der Waals surface area contributed by atoms with Crippen LogP contribution in [-0.2, 0) is 4.74 Å². The number of methoxy groups -OCH3 is 1. The van der Waals surface area contributed by atoms with Crippen LogP contribution in [0.5, 0.6) is 5.88 Å². The first kappa shape index (κ1) is 21.6. The minimum Gasteiger partial charge on any atom is -0.474 e. The molecule has 30 heavy (non-hydrogen) atoms. The Hall–Kier alpha value is -3.14. The number of piperidine rings is 1. The van der Waals surface area contributed by atoms with Gasteiger partial charge in [0.15, 0.2) is 0 Å². The molecule has 2 heterocycles. The van der Waals surface area contributed by atoms with Crippen LogP contribution < -0.4 is 15.4 Å². The minimum atomic E-state index is -0.917. The summed E-state index contributed by atoms with van der Waals surface area (Å²) in [4.78, 5) is 20.8. The molecule has 0 atom stereocenters. The van der Waals surface area contributed by atoms with Crippen LogP contribution >= 0.6 is 0 Å². The quantitative estimate of drug-likeness (QED) is 0.560. The Labute approximate surface area is 174 Å². The smallest absolute Gasteiger partial charge is 0.407 e. The number of benzene rings is 1. The zero-order valence-electron chi connectivity index (χ0n) is 17.0. The lowest BCUT2D eigenvalue weighted by Crippen LogP contribution is -2.41. The van der Waals surface area contributed by atoms with Crippen LogP contribution in [0.4, 0.5) is 26.4 Å². The van der Waals surface area contributed by atoms with Gasteiger partial charge < -0.3 is 30.1 Å². The summed E-state index contributed by atoms with van der Waals surface area (Å²) in [6.45, 7) is 3.75. The normalized spacial score (nSPS) is 14.4. The molecule has 3 rings (SSSR count). The molecule has 10 heteroatoms. The first-order valence-electron chi connectivity index (χ1n) is 9.73. The highest BCUT2D eigenvalue weighted by atomic mass is 19.1. The van der Waals surface area contributed by atoms with Gasteiger partial charge in [-0.2, -0.15) is 0 Å². The van der Waals surface area contributed by atoms with Crippen LogP contribution in [0.2, 0.25) is 0 Å². The summed E-state index contributed by atoms with van der Waals surface area (Å²) in [5.74, 6) is 0.431. The Morgan fingerprint density at radius 1 is 1.33 bits per heavy atom. The number of aromatic nitrogens is 2. The fourth-order valence-corrected chi connectivity index (χ4v) is 3.15. The van der Waals surface area contributed by atoms with Gasteiger partial charge in [0.2, 0.25) is 5.88 Å². The highest BCUT2D eigenvalue weighted by Gasteiger charge is 2.24. The van der Waals surface area contributed by atoms with Gasteiger partial charge in [-0.25, -0.2) is 19.2 Å². The van der Waals surface area contributed by atoms with E-state index in [2.05, 4.69) is 20.6 Å². The van der Waals surface area contributed by atoms with Crippen LogP contribution in [0.25, 0.3) is 0 Å². The number of nitrogens with zero attached hydrogens (tertiary/aromatic N) is 3. The Morgan fingerprint density at radius 3 is 2.77 bits per heavy atom. The van der Waals surface area contributed by atoms with Crippen LogP contribution in [0.1, 0.15) is 18.4 Å². The van der Waals surface area contributed by atoms with Crippen molar-refractivity contribution in [2.75, 3.05) is 44.0 Å². The van der Waals surface area contributed by atoms with Gasteiger partial charge in [0.05, 0.1) is 17.9 Å². The van der Waals surface area contributed by atoms with Gasteiger partial charge in [0.25, 0.3) is 0 Å². The molecule has 2 aromatic rings. The zero-order valence-corrected chi connectivity index (χ0v) is 17.0. The van der Waals surface area contributed by atoms with E-state index >= 15 is 0 Å². The number of halogens is 1. The van der Waals surface area contributed by atoms with Gasteiger partial charge in [-0.3, -0.25) is 0 Å². The Bertz CT molecular complexity index is 874. The Kier molecular flexibility index (Phi) is 7.23. The van der Waals surface area contributed by atoms with Gasteiger partial charge >= 0.3 is 6.09 Å². The monoisotopic (exact) mass is 419 g/mol. The first-order valence-corrected chi connectivity index (χ1v) is 9.73. The lowest BCUT2D eigenvalue weighted by Gasteiger charge is -2.30. The largest absolute Gasteiger partial charge is 0.474 e. The molecule has 0 aliphatic carbocycles. The van der Waals surface area contributed by atoms with Crippen molar-refractivity contribution in [1.82, 2.24) is 14.9 Å². The molecule has 1 aromatic heterocycles. The number of hydrogen-bond acceptors (Lipinski definition) is 7. The zero-order chi connectivity index (χ0) is 21.5. The van der Waals surface area contributed by atoms with E-state index in [4.69, 9.17) is 14.6 Å². The Balaban J connectivity index is 1.64. The fourth-order valence-electron chi connectivity index (χ4n) is 3.15. The Morgan fingerprint density at radius 2 is 2.10 bits per heavy atom. The predicted octanol–water partition coefficient (Wildman–Crippen LogP) is 3.25. The SMILES string of the molecule is COCCNc1ccc(Nc2ncnc(OC3CCN(C(=O)O)CC3)c2C)c(F)c1. The van der Waals surface area contributed by atoms with E-state index in [1.807, 2.05) is 0 Å². The summed E-state index contributed by atoms with van der Waals surface area (Å²) in [7, 11) is 1.61. The topological polar surface area (TPSA) is 109 Å². The van der Waals surface area contributed by atoms with E-state index in [0.717, 1.165) is 0 Å². The summed E-state index contributed by atoms with van der Waals surface area (Å²) in [5, 5.41) is 15.1. The summed E-state index contributed by atoms with van der Waals surface area (Å²) >= 11 is 0. The molecule has 0 unspecified atom stereocenters. The molecular weight excluding hydrogens is 393 g/mol. The van der Waals surface area contributed by atoms with E-state index < -0.39 is 11.9 Å². The number of anilines is 3. The van der Waals surface area contributed by atoms with Crippen molar-refractivity contribution >= 4 is 23.3 Å². The third kappa shape index (κ3) is 5.47. The standard InChI is InChI=1S/C20H26FN5O4/c1-13-18(25-17-4-3-14(11-16(17)21)22-7-10-29-2)23-12-24-19(13)30-15-5-8-26(9-6-15)20(27)28/h3-4,11-12,15,22H,5-10H2,1-2H3,(H,27,28)(H,23,24,25). The van der Waals surface area contributed by atoms with Crippen LogP contribution in [0.15, 0.2) is 24.5 Å². The van der Waals surface area contributed by atoms with Gasteiger partial charge in [-0.05, 0) is 25.1 Å². The van der Waals surface area contributed by atoms with Crippen molar-refractivity contribution in [3.05, 3.63) is 35.9 Å². The van der Waals surface area contributed by atoms with Crippen molar-refractivity contribution in [3.63, 3.8) is 0 Å².